The van der Waals surface area contributed by atoms with E-state index in [4.69, 9.17) is 11.6 Å². The van der Waals surface area contributed by atoms with Gasteiger partial charge in [0.25, 0.3) is 5.56 Å². The lowest BCUT2D eigenvalue weighted by molar-refractivity contribution is 0.262. The molecular formula is C25H27ClFN7O2S. The number of thioether (sulfide) groups is 1. The van der Waals surface area contributed by atoms with Crippen molar-refractivity contribution < 1.29 is 9.18 Å². The third kappa shape index (κ3) is 5.33. The van der Waals surface area contributed by atoms with E-state index in [1.54, 1.807) is 25.4 Å². The van der Waals surface area contributed by atoms with Crippen LogP contribution in [0.15, 0.2) is 40.4 Å². The molecule has 0 unspecified atom stereocenters. The number of hydrogen-bond acceptors (Lipinski definition) is 6. The second kappa shape index (κ2) is 10.1. The third-order valence-electron chi connectivity index (χ3n) is 5.79. The summed E-state index contributed by atoms with van der Waals surface area (Å²) < 4.78 is 17.9. The largest absolute Gasteiger partial charge is 0.324 e. The molecule has 2 amide bonds. The molecule has 0 atom stereocenters. The van der Waals surface area contributed by atoms with E-state index in [0.717, 1.165) is 11.8 Å². The summed E-state index contributed by atoms with van der Waals surface area (Å²) in [6.45, 7) is 8.23. The number of benzene rings is 1. The molecule has 0 bridgehead atoms. The molecule has 3 aromatic heterocycles. The van der Waals surface area contributed by atoms with Crippen molar-refractivity contribution in [3.05, 3.63) is 57.3 Å². The van der Waals surface area contributed by atoms with Gasteiger partial charge in [-0.15, -0.1) is 0 Å². The molecule has 0 radical (unpaired) electrons. The van der Waals surface area contributed by atoms with Gasteiger partial charge in [-0.3, -0.25) is 19.4 Å². The minimum Gasteiger partial charge on any atom is -0.305 e. The highest BCUT2D eigenvalue weighted by molar-refractivity contribution is 7.98. The number of rotatable bonds is 5. The van der Waals surface area contributed by atoms with Crippen molar-refractivity contribution in [2.75, 3.05) is 16.9 Å². The minimum absolute atomic E-state index is 0.0330. The molecule has 2 N–H and O–H groups in total. The molecule has 3 heterocycles. The lowest BCUT2D eigenvalue weighted by Gasteiger charge is -2.14. The molecule has 1 aromatic carbocycles. The van der Waals surface area contributed by atoms with Gasteiger partial charge in [0, 0.05) is 47.8 Å². The number of carbonyl (C=O) groups is 1. The average molecular weight is 544 g/mol. The van der Waals surface area contributed by atoms with Crippen molar-refractivity contribution in [2.45, 2.75) is 44.8 Å². The molecule has 0 fully saturated rings. The van der Waals surface area contributed by atoms with Crippen LogP contribution < -0.4 is 16.2 Å². The van der Waals surface area contributed by atoms with Crippen LogP contribution >= 0.6 is 23.4 Å². The van der Waals surface area contributed by atoms with Crippen LogP contribution in [0.1, 0.15) is 33.4 Å². The predicted octanol–water partition coefficient (Wildman–Crippen LogP) is 5.67. The van der Waals surface area contributed by atoms with E-state index in [9.17, 15) is 14.0 Å². The first-order valence-corrected chi connectivity index (χ1v) is 13.1. The zero-order valence-electron chi connectivity index (χ0n) is 21.3. The smallest absolute Gasteiger partial charge is 0.305 e. The summed E-state index contributed by atoms with van der Waals surface area (Å²) in [4.78, 5) is 34.9. The standard InChI is InChI=1S/C25H27ClFN7O2S/c1-7-34-21-13(12-28-24(31-21)37-6)8-15(22(34)35)14-9-18(17(27)10-16(14)26)29-23(36)30-20-11-19(25(2,3)4)32-33(20)5/h8-12H,7H2,1-6H3,(H2,29,30,36). The second-order valence-electron chi connectivity index (χ2n) is 9.42. The fraction of sp³-hybridized carbons (Fsp3) is 0.320. The van der Waals surface area contributed by atoms with E-state index in [1.165, 1.54) is 27.1 Å². The highest BCUT2D eigenvalue weighted by Gasteiger charge is 2.21. The predicted molar refractivity (Wildman–Crippen MR) is 146 cm³/mol. The van der Waals surface area contributed by atoms with E-state index in [0.29, 0.717) is 28.6 Å². The number of halogens is 2. The van der Waals surface area contributed by atoms with Gasteiger partial charge >= 0.3 is 6.03 Å². The lowest BCUT2D eigenvalue weighted by Crippen LogP contribution is -2.23. The second-order valence-corrected chi connectivity index (χ2v) is 10.6. The van der Waals surface area contributed by atoms with Gasteiger partial charge in [0.05, 0.1) is 16.4 Å². The Kier molecular flexibility index (Phi) is 7.29. The van der Waals surface area contributed by atoms with E-state index in [-0.39, 0.29) is 32.8 Å². The van der Waals surface area contributed by atoms with Gasteiger partial charge in [-0.1, -0.05) is 44.1 Å². The van der Waals surface area contributed by atoms with Gasteiger partial charge in [-0.05, 0) is 31.4 Å². The van der Waals surface area contributed by atoms with Gasteiger partial charge in [-0.2, -0.15) is 5.10 Å². The monoisotopic (exact) mass is 543 g/mol. The van der Waals surface area contributed by atoms with Gasteiger partial charge in [0.2, 0.25) is 0 Å². The molecule has 4 aromatic rings. The fourth-order valence-electron chi connectivity index (χ4n) is 3.80. The van der Waals surface area contributed by atoms with E-state index >= 15 is 0 Å². The average Bonchev–Trinajstić information content (AvgIpc) is 3.21. The maximum Gasteiger partial charge on any atom is 0.324 e. The summed E-state index contributed by atoms with van der Waals surface area (Å²) in [5.41, 5.74) is 1.13. The first-order chi connectivity index (χ1) is 17.4. The summed E-state index contributed by atoms with van der Waals surface area (Å²) in [7, 11) is 1.70. The van der Waals surface area contributed by atoms with Crippen molar-refractivity contribution in [2.24, 2.45) is 7.05 Å². The first kappa shape index (κ1) is 26.6. The Hall–Kier alpha value is -3.44. The van der Waals surface area contributed by atoms with E-state index in [1.807, 2.05) is 34.0 Å². The Balaban J connectivity index is 1.71. The van der Waals surface area contributed by atoms with Crippen molar-refractivity contribution in [1.29, 1.82) is 0 Å². The van der Waals surface area contributed by atoms with Crippen LogP contribution in [0.4, 0.5) is 20.7 Å². The van der Waals surface area contributed by atoms with Crippen LogP contribution in [0.25, 0.3) is 22.2 Å². The molecule has 12 heteroatoms. The zero-order valence-corrected chi connectivity index (χ0v) is 22.9. The van der Waals surface area contributed by atoms with Crippen LogP contribution in [0.2, 0.25) is 5.02 Å². The molecule has 0 aliphatic heterocycles. The number of anilines is 2. The third-order valence-corrected chi connectivity index (χ3v) is 6.66. The molecule has 194 valence electrons. The number of nitrogens with zero attached hydrogens (tertiary/aromatic N) is 5. The molecule has 0 aliphatic rings. The summed E-state index contributed by atoms with van der Waals surface area (Å²) in [6.07, 6.45) is 3.48. The van der Waals surface area contributed by atoms with Crippen LogP contribution in [-0.4, -0.2) is 36.6 Å². The normalized spacial score (nSPS) is 11.7. The summed E-state index contributed by atoms with van der Waals surface area (Å²) >= 11 is 7.74. The Morgan fingerprint density at radius 2 is 1.89 bits per heavy atom. The Morgan fingerprint density at radius 1 is 1.16 bits per heavy atom. The molecule has 37 heavy (non-hydrogen) atoms. The fourth-order valence-corrected chi connectivity index (χ4v) is 4.39. The number of aromatic nitrogens is 5. The number of nitrogens with one attached hydrogen (secondary N) is 2. The Labute approximate surface area is 222 Å². The van der Waals surface area contributed by atoms with Crippen molar-refractivity contribution in [3.8, 4) is 11.1 Å². The SMILES string of the molecule is CCn1c(=O)c(-c2cc(NC(=O)Nc3cc(C(C)(C)C)nn3C)c(F)cc2Cl)cc2cnc(SC)nc21. The summed E-state index contributed by atoms with van der Waals surface area (Å²) in [5.74, 6) is -0.296. The quantitative estimate of drug-likeness (QED) is 0.248. The molecule has 4 rings (SSSR count). The molecule has 0 aliphatic carbocycles. The number of fused-ring (bicyclic) bond motifs is 1. The molecule has 0 saturated heterocycles. The maximum atomic E-state index is 14.8. The van der Waals surface area contributed by atoms with Crippen LogP contribution in [0.3, 0.4) is 0 Å². The molecular weight excluding hydrogens is 517 g/mol. The highest BCUT2D eigenvalue weighted by atomic mass is 35.5. The molecule has 0 spiro atoms. The summed E-state index contributed by atoms with van der Waals surface area (Å²) in [5, 5.41) is 10.8. The van der Waals surface area contributed by atoms with Crippen molar-refractivity contribution in [3.63, 3.8) is 0 Å². The minimum atomic E-state index is -0.742. The van der Waals surface area contributed by atoms with Crippen LogP contribution in [0, 0.1) is 5.82 Å². The number of urea groups is 1. The number of amides is 2. The van der Waals surface area contributed by atoms with Gasteiger partial charge in [0.15, 0.2) is 5.16 Å². The topological polar surface area (TPSA) is 107 Å². The summed E-state index contributed by atoms with van der Waals surface area (Å²) in [6, 6.07) is 5.14. The number of carbonyl (C=O) groups excluding carboxylic acids is 1. The number of aryl methyl sites for hydroxylation is 2. The van der Waals surface area contributed by atoms with Crippen LogP contribution in [-0.2, 0) is 19.0 Å². The van der Waals surface area contributed by atoms with E-state index in [2.05, 4.69) is 25.7 Å². The van der Waals surface area contributed by atoms with E-state index < -0.39 is 11.8 Å². The Morgan fingerprint density at radius 3 is 2.51 bits per heavy atom. The van der Waals surface area contributed by atoms with Gasteiger partial charge < -0.3 is 5.32 Å². The lowest BCUT2D eigenvalue weighted by atomic mass is 9.92. The molecule has 9 nitrogen and oxygen atoms in total. The molecule has 0 saturated carbocycles. The Bertz CT molecular complexity index is 1580. The van der Waals surface area contributed by atoms with Crippen molar-refractivity contribution in [1.82, 2.24) is 24.3 Å². The maximum absolute atomic E-state index is 14.8. The van der Waals surface area contributed by atoms with Crippen LogP contribution in [0.5, 0.6) is 0 Å². The van der Waals surface area contributed by atoms with Crippen molar-refractivity contribution >= 4 is 51.9 Å². The first-order valence-electron chi connectivity index (χ1n) is 11.5. The van der Waals surface area contributed by atoms with Gasteiger partial charge in [-0.25, -0.2) is 19.2 Å². The highest BCUT2D eigenvalue weighted by Crippen LogP contribution is 2.32. The number of hydrogen-bond donors (Lipinski definition) is 2. The van der Waals surface area contributed by atoms with Gasteiger partial charge in [0.1, 0.15) is 17.3 Å². The number of pyridine rings is 1. The zero-order chi connectivity index (χ0) is 27.1.